The Hall–Kier alpha value is -1.37. The summed E-state index contributed by atoms with van der Waals surface area (Å²) in [6, 6.07) is -0.101. The molecule has 0 aliphatic rings. The third-order valence-corrected chi connectivity index (χ3v) is 4.88. The van der Waals surface area contributed by atoms with E-state index in [9.17, 15) is 0 Å². The van der Waals surface area contributed by atoms with E-state index in [1.54, 1.807) is 22.7 Å². The predicted molar refractivity (Wildman–Crippen MR) is 89.7 cm³/mol. The molecule has 0 bridgehead atoms. The van der Waals surface area contributed by atoms with Gasteiger partial charge in [-0.25, -0.2) is 4.98 Å². The highest BCUT2D eigenvalue weighted by Crippen LogP contribution is 2.24. The van der Waals surface area contributed by atoms with Gasteiger partial charge in [0.1, 0.15) is 10.0 Å². The van der Waals surface area contributed by atoms with Crippen molar-refractivity contribution < 1.29 is 0 Å². The van der Waals surface area contributed by atoms with Crippen molar-refractivity contribution >= 4 is 22.7 Å². The van der Waals surface area contributed by atoms with E-state index in [1.165, 1.54) is 5.57 Å². The molecule has 2 N–H and O–H groups in total. The van der Waals surface area contributed by atoms with Crippen molar-refractivity contribution in [2.75, 3.05) is 0 Å². The van der Waals surface area contributed by atoms with Crippen LogP contribution in [0.15, 0.2) is 29.2 Å². The molecule has 0 aliphatic carbocycles. The molecule has 0 radical (unpaired) electrons. The summed E-state index contributed by atoms with van der Waals surface area (Å²) in [4.78, 5) is 4.45. The van der Waals surface area contributed by atoms with Gasteiger partial charge in [-0.2, -0.15) is 0 Å². The minimum Gasteiger partial charge on any atom is -0.322 e. The van der Waals surface area contributed by atoms with Crippen molar-refractivity contribution in [1.82, 2.24) is 15.2 Å². The first-order chi connectivity index (χ1) is 10.1. The number of allylic oxidation sites excluding steroid dienone is 3. The number of aromatic nitrogens is 3. The molecule has 2 heterocycles. The fourth-order valence-electron chi connectivity index (χ4n) is 1.97. The number of hydrogen-bond donors (Lipinski definition) is 1. The summed E-state index contributed by atoms with van der Waals surface area (Å²) in [5.74, 6) is 0. The maximum Gasteiger partial charge on any atom is 0.134 e. The molecule has 6 heteroatoms. The van der Waals surface area contributed by atoms with Gasteiger partial charge >= 0.3 is 0 Å². The molecule has 0 saturated heterocycles. The van der Waals surface area contributed by atoms with Crippen LogP contribution in [0.5, 0.6) is 0 Å². The van der Waals surface area contributed by atoms with Crippen molar-refractivity contribution in [3.8, 4) is 0 Å². The SMILES string of the molecule is C/C=C\C(=C/C)C[C@@H](N)c1nnc(Cc2csc(C)n2)s1. The van der Waals surface area contributed by atoms with Crippen LogP contribution in [0, 0.1) is 6.92 Å². The Morgan fingerprint density at radius 3 is 2.81 bits per heavy atom. The molecule has 21 heavy (non-hydrogen) atoms. The van der Waals surface area contributed by atoms with Gasteiger partial charge in [-0.15, -0.1) is 21.5 Å². The third kappa shape index (κ3) is 4.56. The highest BCUT2D eigenvalue weighted by molar-refractivity contribution is 7.11. The summed E-state index contributed by atoms with van der Waals surface area (Å²) in [7, 11) is 0. The van der Waals surface area contributed by atoms with Gasteiger partial charge in [0.05, 0.1) is 16.7 Å². The van der Waals surface area contributed by atoms with E-state index in [2.05, 4.69) is 32.7 Å². The fraction of sp³-hybridized carbons (Fsp3) is 0.400. The van der Waals surface area contributed by atoms with Crippen molar-refractivity contribution in [2.45, 2.75) is 39.7 Å². The molecule has 0 amide bonds. The molecule has 1 atom stereocenters. The molecule has 2 aromatic heterocycles. The van der Waals surface area contributed by atoms with Gasteiger partial charge in [0, 0.05) is 11.8 Å². The first-order valence-electron chi connectivity index (χ1n) is 6.89. The Morgan fingerprint density at radius 1 is 1.38 bits per heavy atom. The van der Waals surface area contributed by atoms with Gasteiger partial charge in [-0.1, -0.05) is 35.1 Å². The largest absolute Gasteiger partial charge is 0.322 e. The lowest BCUT2D eigenvalue weighted by Gasteiger charge is -2.08. The van der Waals surface area contributed by atoms with Gasteiger partial charge in [0.2, 0.25) is 0 Å². The summed E-state index contributed by atoms with van der Waals surface area (Å²) >= 11 is 3.24. The topological polar surface area (TPSA) is 64.7 Å². The van der Waals surface area contributed by atoms with Crippen LogP contribution in [0.4, 0.5) is 0 Å². The second-order valence-corrected chi connectivity index (χ2v) is 6.90. The standard InChI is InChI=1S/C15H20N4S2/c1-4-6-11(5-2)7-13(16)15-19-18-14(21-15)8-12-9-20-10(3)17-12/h4-6,9,13H,7-8,16H2,1-3H3/b6-4-,11-5+/t13-/m1/s1. The number of rotatable bonds is 6. The molecule has 0 saturated carbocycles. The van der Waals surface area contributed by atoms with Crippen LogP contribution in [0.3, 0.4) is 0 Å². The van der Waals surface area contributed by atoms with E-state index in [0.717, 1.165) is 33.6 Å². The second-order valence-electron chi connectivity index (χ2n) is 4.74. The van der Waals surface area contributed by atoms with E-state index in [1.807, 2.05) is 26.8 Å². The monoisotopic (exact) mass is 320 g/mol. The average molecular weight is 320 g/mol. The molecule has 2 rings (SSSR count). The zero-order valence-corrected chi connectivity index (χ0v) is 14.2. The first kappa shape index (κ1) is 16.0. The molecule has 0 spiro atoms. The van der Waals surface area contributed by atoms with Gasteiger partial charge in [-0.3, -0.25) is 0 Å². The van der Waals surface area contributed by atoms with Gasteiger partial charge < -0.3 is 5.73 Å². The summed E-state index contributed by atoms with van der Waals surface area (Å²) in [6.07, 6.45) is 7.71. The second kappa shape index (κ2) is 7.59. The molecule has 0 aliphatic heterocycles. The molecule has 0 fully saturated rings. The van der Waals surface area contributed by atoms with Crippen LogP contribution in [0.1, 0.15) is 47.0 Å². The summed E-state index contributed by atoms with van der Waals surface area (Å²) in [5, 5.41) is 13.5. The molecule has 2 aromatic rings. The van der Waals surface area contributed by atoms with Crippen molar-refractivity contribution in [1.29, 1.82) is 0 Å². The van der Waals surface area contributed by atoms with Crippen LogP contribution in [0.2, 0.25) is 0 Å². The van der Waals surface area contributed by atoms with E-state index in [0.29, 0.717) is 0 Å². The first-order valence-corrected chi connectivity index (χ1v) is 8.58. The van der Waals surface area contributed by atoms with E-state index < -0.39 is 0 Å². The van der Waals surface area contributed by atoms with Crippen LogP contribution >= 0.6 is 22.7 Å². The lowest BCUT2D eigenvalue weighted by molar-refractivity contribution is 0.704. The highest BCUT2D eigenvalue weighted by Gasteiger charge is 2.14. The Morgan fingerprint density at radius 2 is 2.19 bits per heavy atom. The quantitative estimate of drug-likeness (QED) is 0.822. The summed E-state index contributed by atoms with van der Waals surface area (Å²) < 4.78 is 0. The number of hydrogen-bond acceptors (Lipinski definition) is 6. The Kier molecular flexibility index (Phi) is 5.78. The Balaban J connectivity index is 2.01. The summed E-state index contributed by atoms with van der Waals surface area (Å²) in [5.41, 5.74) is 8.50. The molecule has 0 aromatic carbocycles. The molecule has 4 nitrogen and oxygen atoms in total. The zero-order chi connectivity index (χ0) is 15.2. The summed E-state index contributed by atoms with van der Waals surface area (Å²) in [6.45, 7) is 6.04. The number of thiazole rings is 1. The fourth-order valence-corrected chi connectivity index (χ4v) is 3.44. The molecule has 0 unspecified atom stereocenters. The molecular weight excluding hydrogens is 300 g/mol. The Labute approximate surface area is 133 Å². The van der Waals surface area contributed by atoms with E-state index in [-0.39, 0.29) is 6.04 Å². The minimum absolute atomic E-state index is 0.101. The van der Waals surface area contributed by atoms with Crippen LogP contribution < -0.4 is 5.73 Å². The zero-order valence-electron chi connectivity index (χ0n) is 12.5. The lowest BCUT2D eigenvalue weighted by Crippen LogP contribution is -2.10. The maximum absolute atomic E-state index is 6.23. The van der Waals surface area contributed by atoms with Crippen LogP contribution in [-0.2, 0) is 6.42 Å². The van der Waals surface area contributed by atoms with Crippen molar-refractivity contribution in [3.05, 3.63) is 49.9 Å². The van der Waals surface area contributed by atoms with Gasteiger partial charge in [0.15, 0.2) is 0 Å². The minimum atomic E-state index is -0.101. The number of nitrogens with two attached hydrogens (primary N) is 1. The lowest BCUT2D eigenvalue weighted by atomic mass is 10.1. The third-order valence-electron chi connectivity index (χ3n) is 3.01. The predicted octanol–water partition coefficient (Wildman–Crippen LogP) is 3.81. The highest BCUT2D eigenvalue weighted by atomic mass is 32.1. The van der Waals surface area contributed by atoms with Gasteiger partial charge in [0.25, 0.3) is 0 Å². The number of aryl methyl sites for hydroxylation is 1. The molecular formula is C15H20N4S2. The van der Waals surface area contributed by atoms with Crippen LogP contribution in [-0.4, -0.2) is 15.2 Å². The number of nitrogens with zero attached hydrogens (tertiary/aromatic N) is 3. The van der Waals surface area contributed by atoms with Crippen molar-refractivity contribution in [2.24, 2.45) is 5.73 Å². The normalized spacial score (nSPS) is 14.0. The smallest absolute Gasteiger partial charge is 0.134 e. The Bertz CT molecular complexity index is 640. The van der Waals surface area contributed by atoms with E-state index in [4.69, 9.17) is 5.73 Å². The maximum atomic E-state index is 6.23. The van der Waals surface area contributed by atoms with Gasteiger partial charge in [-0.05, 0) is 27.2 Å². The van der Waals surface area contributed by atoms with E-state index >= 15 is 0 Å². The average Bonchev–Trinajstić information content (AvgIpc) is 3.08. The van der Waals surface area contributed by atoms with Crippen molar-refractivity contribution in [3.63, 3.8) is 0 Å². The molecule has 112 valence electrons. The van der Waals surface area contributed by atoms with Crippen LogP contribution in [0.25, 0.3) is 0 Å².